The van der Waals surface area contributed by atoms with Crippen molar-refractivity contribution in [3.8, 4) is 11.3 Å². The highest BCUT2D eigenvalue weighted by Crippen LogP contribution is 2.16. The van der Waals surface area contributed by atoms with Gasteiger partial charge < -0.3 is 14.8 Å². The van der Waals surface area contributed by atoms with Crippen LogP contribution in [0.25, 0.3) is 11.3 Å². The highest BCUT2D eigenvalue weighted by Gasteiger charge is 2.14. The second-order valence-electron chi connectivity index (χ2n) is 6.02. The molecule has 28 heavy (non-hydrogen) atoms. The molecule has 0 unspecified atom stereocenters. The first-order chi connectivity index (χ1) is 13.7. The van der Waals surface area contributed by atoms with Crippen LogP contribution in [0.4, 0.5) is 0 Å². The van der Waals surface area contributed by atoms with E-state index in [0.717, 1.165) is 16.8 Å². The van der Waals surface area contributed by atoms with E-state index < -0.39 is 6.29 Å². The third-order valence-electron chi connectivity index (χ3n) is 4.03. The van der Waals surface area contributed by atoms with Crippen LogP contribution >= 0.6 is 0 Å². The Kier molecular flexibility index (Phi) is 6.88. The number of aromatic nitrogens is 5. The number of nitrogens with zero attached hydrogens (tertiary/aromatic N) is 4. The molecule has 9 heteroatoms. The van der Waals surface area contributed by atoms with Crippen LogP contribution in [0.3, 0.4) is 0 Å². The number of H-pyrrole nitrogens is 1. The van der Waals surface area contributed by atoms with Crippen LogP contribution < -0.4 is 5.32 Å². The third kappa shape index (κ3) is 5.24. The van der Waals surface area contributed by atoms with Gasteiger partial charge in [0.05, 0.1) is 18.4 Å². The minimum Gasteiger partial charge on any atom is -0.351 e. The average molecular weight is 384 g/mol. The highest BCUT2D eigenvalue weighted by atomic mass is 16.7. The average Bonchev–Trinajstić information content (AvgIpc) is 3.39. The van der Waals surface area contributed by atoms with Crippen molar-refractivity contribution in [2.45, 2.75) is 33.2 Å². The molecule has 2 N–H and O–H groups in total. The second-order valence-corrected chi connectivity index (χ2v) is 6.02. The van der Waals surface area contributed by atoms with Gasteiger partial charge in [0, 0.05) is 26.0 Å². The number of nitrogens with one attached hydrogen (secondary N) is 2. The van der Waals surface area contributed by atoms with Crippen LogP contribution in [0.5, 0.6) is 0 Å². The predicted molar refractivity (Wildman–Crippen MR) is 102 cm³/mol. The van der Waals surface area contributed by atoms with Crippen LogP contribution in [0.15, 0.2) is 42.7 Å². The lowest BCUT2D eigenvalue weighted by molar-refractivity contribution is -0.145. The first-order valence-corrected chi connectivity index (χ1v) is 9.19. The molecular weight excluding hydrogens is 360 g/mol. The fraction of sp³-hybridized carbons (Fsp3) is 0.368. The summed E-state index contributed by atoms with van der Waals surface area (Å²) in [5, 5.41) is 17.6. The molecule has 1 amide bonds. The maximum Gasteiger partial charge on any atom is 0.273 e. The van der Waals surface area contributed by atoms with E-state index in [4.69, 9.17) is 9.47 Å². The standard InChI is InChI=1S/C19H24N6O3/c1-3-27-18(28-4-2)13-25-12-17(23-24-25)19(26)20-11-14-5-7-15(8-6-14)16-9-10-21-22-16/h5-10,12,18H,3-4,11,13H2,1-2H3,(H,20,26)(H,21,22). The van der Waals surface area contributed by atoms with Gasteiger partial charge in [-0.1, -0.05) is 29.5 Å². The molecule has 0 aliphatic carbocycles. The van der Waals surface area contributed by atoms with Crippen molar-refractivity contribution >= 4 is 5.91 Å². The zero-order valence-electron chi connectivity index (χ0n) is 16.0. The Balaban J connectivity index is 1.53. The highest BCUT2D eigenvalue weighted by molar-refractivity contribution is 5.91. The van der Waals surface area contributed by atoms with E-state index in [0.29, 0.717) is 26.3 Å². The van der Waals surface area contributed by atoms with E-state index in [1.54, 1.807) is 17.1 Å². The summed E-state index contributed by atoms with van der Waals surface area (Å²) in [6.07, 6.45) is 2.88. The van der Waals surface area contributed by atoms with Crippen LogP contribution in [0.1, 0.15) is 29.9 Å². The van der Waals surface area contributed by atoms with E-state index in [9.17, 15) is 4.79 Å². The Morgan fingerprint density at radius 3 is 2.57 bits per heavy atom. The maximum atomic E-state index is 12.3. The van der Waals surface area contributed by atoms with Gasteiger partial charge in [-0.15, -0.1) is 5.10 Å². The quantitative estimate of drug-likeness (QED) is 0.518. The first-order valence-electron chi connectivity index (χ1n) is 9.19. The molecule has 0 aliphatic rings. The first kappa shape index (κ1) is 19.7. The molecule has 2 heterocycles. The number of carbonyl (C=O) groups excluding carboxylic acids is 1. The van der Waals surface area contributed by atoms with Crippen LogP contribution in [-0.2, 0) is 22.6 Å². The molecule has 2 aromatic heterocycles. The van der Waals surface area contributed by atoms with Crippen molar-refractivity contribution in [2.24, 2.45) is 0 Å². The number of carbonyl (C=O) groups is 1. The normalized spacial score (nSPS) is 11.1. The topological polar surface area (TPSA) is 107 Å². The van der Waals surface area contributed by atoms with E-state index in [2.05, 4.69) is 25.8 Å². The molecule has 9 nitrogen and oxygen atoms in total. The zero-order chi connectivity index (χ0) is 19.8. The van der Waals surface area contributed by atoms with Crippen molar-refractivity contribution in [3.05, 3.63) is 54.0 Å². The molecule has 148 valence electrons. The van der Waals surface area contributed by atoms with Gasteiger partial charge in [-0.3, -0.25) is 9.89 Å². The second kappa shape index (κ2) is 9.77. The third-order valence-corrected chi connectivity index (χ3v) is 4.03. The van der Waals surface area contributed by atoms with E-state index in [-0.39, 0.29) is 11.6 Å². The monoisotopic (exact) mass is 384 g/mol. The zero-order valence-corrected chi connectivity index (χ0v) is 16.0. The molecule has 0 radical (unpaired) electrons. The van der Waals surface area contributed by atoms with Crippen LogP contribution in [-0.4, -0.2) is 50.6 Å². The van der Waals surface area contributed by atoms with Crippen molar-refractivity contribution in [1.82, 2.24) is 30.5 Å². The molecule has 0 bridgehead atoms. The number of hydrogen-bond acceptors (Lipinski definition) is 6. The summed E-state index contributed by atoms with van der Waals surface area (Å²) < 4.78 is 12.5. The summed E-state index contributed by atoms with van der Waals surface area (Å²) in [6.45, 7) is 5.63. The number of rotatable bonds is 10. The molecule has 3 aromatic rings. The van der Waals surface area contributed by atoms with Crippen molar-refractivity contribution < 1.29 is 14.3 Å². The molecular formula is C19H24N6O3. The summed E-state index contributed by atoms with van der Waals surface area (Å²) in [5.74, 6) is -0.284. The lowest BCUT2D eigenvalue weighted by Gasteiger charge is -2.16. The maximum absolute atomic E-state index is 12.3. The van der Waals surface area contributed by atoms with E-state index >= 15 is 0 Å². The van der Waals surface area contributed by atoms with Gasteiger partial charge in [-0.2, -0.15) is 5.10 Å². The summed E-state index contributed by atoms with van der Waals surface area (Å²) in [7, 11) is 0. The number of ether oxygens (including phenoxy) is 2. The van der Waals surface area contributed by atoms with Gasteiger partial charge in [0.25, 0.3) is 5.91 Å². The molecule has 0 spiro atoms. The number of hydrogen-bond donors (Lipinski definition) is 2. The Hall–Kier alpha value is -3.04. The SMILES string of the molecule is CCOC(Cn1cc(C(=O)NCc2ccc(-c3ccn[nH]3)cc2)nn1)OCC. The number of benzene rings is 1. The Morgan fingerprint density at radius 1 is 1.18 bits per heavy atom. The Bertz CT molecular complexity index is 854. The van der Waals surface area contributed by atoms with Gasteiger partial charge in [0.1, 0.15) is 0 Å². The van der Waals surface area contributed by atoms with Crippen molar-refractivity contribution in [2.75, 3.05) is 13.2 Å². The molecule has 3 rings (SSSR count). The molecule has 1 aromatic carbocycles. The summed E-state index contributed by atoms with van der Waals surface area (Å²) >= 11 is 0. The largest absolute Gasteiger partial charge is 0.351 e. The predicted octanol–water partition coefficient (Wildman–Crippen LogP) is 2.00. The summed E-state index contributed by atoms with van der Waals surface area (Å²) in [5.41, 5.74) is 3.22. The lowest BCUT2D eigenvalue weighted by Crippen LogP contribution is -2.24. The summed E-state index contributed by atoms with van der Waals surface area (Å²) in [6, 6.07) is 9.78. The van der Waals surface area contributed by atoms with Gasteiger partial charge in [0.2, 0.25) is 0 Å². The van der Waals surface area contributed by atoms with Gasteiger partial charge >= 0.3 is 0 Å². The van der Waals surface area contributed by atoms with Crippen LogP contribution in [0.2, 0.25) is 0 Å². The Morgan fingerprint density at radius 2 is 1.93 bits per heavy atom. The number of amides is 1. The van der Waals surface area contributed by atoms with E-state index in [1.807, 2.05) is 44.2 Å². The number of aromatic amines is 1. The van der Waals surface area contributed by atoms with Crippen molar-refractivity contribution in [1.29, 1.82) is 0 Å². The van der Waals surface area contributed by atoms with Gasteiger partial charge in [-0.05, 0) is 31.0 Å². The fourth-order valence-electron chi connectivity index (χ4n) is 2.66. The molecule has 0 atom stereocenters. The lowest BCUT2D eigenvalue weighted by atomic mass is 10.1. The van der Waals surface area contributed by atoms with Gasteiger partial charge in [0.15, 0.2) is 12.0 Å². The van der Waals surface area contributed by atoms with E-state index in [1.165, 1.54) is 0 Å². The minimum atomic E-state index is -0.416. The van der Waals surface area contributed by atoms with Crippen molar-refractivity contribution in [3.63, 3.8) is 0 Å². The van der Waals surface area contributed by atoms with Crippen LogP contribution in [0, 0.1) is 0 Å². The summed E-state index contributed by atoms with van der Waals surface area (Å²) in [4.78, 5) is 12.3. The molecule has 0 saturated heterocycles. The van der Waals surface area contributed by atoms with Gasteiger partial charge in [-0.25, -0.2) is 4.68 Å². The Labute approximate surface area is 163 Å². The smallest absolute Gasteiger partial charge is 0.273 e. The molecule has 0 fully saturated rings. The molecule has 0 aliphatic heterocycles. The minimum absolute atomic E-state index is 0.251. The fourth-order valence-corrected chi connectivity index (χ4v) is 2.66. The molecule has 0 saturated carbocycles.